The Morgan fingerprint density at radius 3 is 1.46 bits per heavy atom. The lowest BCUT2D eigenvalue weighted by Gasteiger charge is -2.28. The van der Waals surface area contributed by atoms with Crippen molar-refractivity contribution in [3.05, 3.63) is 12.2 Å². The first-order valence-electron chi connectivity index (χ1n) is 8.63. The van der Waals surface area contributed by atoms with Crippen LogP contribution in [0.25, 0.3) is 0 Å². The van der Waals surface area contributed by atoms with Crippen LogP contribution in [0.2, 0.25) is 0 Å². The summed E-state index contributed by atoms with van der Waals surface area (Å²) < 4.78 is 20.1. The minimum absolute atomic E-state index is 0.0130. The van der Waals surface area contributed by atoms with Crippen LogP contribution in [-0.4, -0.2) is 50.3 Å². The van der Waals surface area contributed by atoms with Crippen molar-refractivity contribution in [2.24, 2.45) is 10.8 Å². The van der Waals surface area contributed by atoms with Crippen LogP contribution in [0.4, 0.5) is 0 Å². The molecule has 1 fully saturated rings. The molecule has 0 aliphatic heterocycles. The second kappa shape index (κ2) is 8.82. The van der Waals surface area contributed by atoms with Gasteiger partial charge in [0.2, 0.25) is 0 Å². The minimum Gasteiger partial charge on any atom is -0.465 e. The third kappa shape index (κ3) is 3.59. The Kier molecular flexibility index (Phi) is 7.35. The van der Waals surface area contributed by atoms with Crippen molar-refractivity contribution in [3.63, 3.8) is 0 Å². The van der Waals surface area contributed by atoms with Gasteiger partial charge in [0.25, 0.3) is 0 Å². The number of ether oxygens (including phenoxy) is 4. The van der Waals surface area contributed by atoms with Gasteiger partial charge in [0.15, 0.2) is 10.8 Å². The fourth-order valence-electron chi connectivity index (χ4n) is 3.09. The monoisotopic (exact) mass is 370 g/mol. The quantitative estimate of drug-likeness (QED) is 0.274. The van der Waals surface area contributed by atoms with E-state index in [2.05, 4.69) is 6.58 Å². The summed E-state index contributed by atoms with van der Waals surface area (Å²) >= 11 is 0. The summed E-state index contributed by atoms with van der Waals surface area (Å²) in [5, 5.41) is 0. The van der Waals surface area contributed by atoms with Crippen molar-refractivity contribution in [1.82, 2.24) is 0 Å². The van der Waals surface area contributed by atoms with Crippen LogP contribution in [0, 0.1) is 10.8 Å². The van der Waals surface area contributed by atoms with Crippen molar-refractivity contribution >= 4 is 23.9 Å². The highest BCUT2D eigenvalue weighted by atomic mass is 16.6. The first-order valence-corrected chi connectivity index (χ1v) is 8.63. The molecule has 0 bridgehead atoms. The van der Waals surface area contributed by atoms with E-state index < -0.39 is 41.1 Å². The Morgan fingerprint density at radius 2 is 1.12 bits per heavy atom. The lowest BCUT2D eigenvalue weighted by molar-refractivity contribution is -0.175. The molecular weight excluding hydrogens is 344 g/mol. The highest BCUT2D eigenvalue weighted by Crippen LogP contribution is 2.55. The van der Waals surface area contributed by atoms with Gasteiger partial charge in [-0.2, -0.15) is 0 Å². The number of carbonyl (C=O) groups excluding carboxylic acids is 4. The average molecular weight is 370 g/mol. The van der Waals surface area contributed by atoms with Gasteiger partial charge in [0.1, 0.15) is 0 Å². The molecule has 1 rings (SSSR count). The standard InChI is InChI=1S/C18H26O8/c1-6-23-13(19)17(14(20)24-7-2)10-12(5)18(11-17,15(21)25-8-3)16(22)26-9-4/h5-11H2,1-4H3. The first kappa shape index (κ1) is 21.7. The summed E-state index contributed by atoms with van der Waals surface area (Å²) in [5.74, 6) is -3.54. The Labute approximate surface area is 152 Å². The number of esters is 4. The van der Waals surface area contributed by atoms with Gasteiger partial charge in [-0.3, -0.25) is 19.2 Å². The summed E-state index contributed by atoms with van der Waals surface area (Å²) in [5.41, 5.74) is -3.73. The number of hydrogen-bond acceptors (Lipinski definition) is 8. The van der Waals surface area contributed by atoms with Crippen LogP contribution in [0.1, 0.15) is 40.5 Å². The van der Waals surface area contributed by atoms with Crippen LogP contribution < -0.4 is 0 Å². The Balaban J connectivity index is 3.48. The molecular formula is C18H26O8. The van der Waals surface area contributed by atoms with E-state index in [0.29, 0.717) is 0 Å². The van der Waals surface area contributed by atoms with Crippen molar-refractivity contribution in [2.45, 2.75) is 40.5 Å². The van der Waals surface area contributed by atoms with Gasteiger partial charge in [-0.1, -0.05) is 6.58 Å². The smallest absolute Gasteiger partial charge is 0.327 e. The van der Waals surface area contributed by atoms with Gasteiger partial charge in [-0.15, -0.1) is 0 Å². The van der Waals surface area contributed by atoms with Gasteiger partial charge < -0.3 is 18.9 Å². The van der Waals surface area contributed by atoms with Crippen molar-refractivity contribution in [1.29, 1.82) is 0 Å². The summed E-state index contributed by atoms with van der Waals surface area (Å²) in [4.78, 5) is 50.5. The Morgan fingerprint density at radius 1 is 0.769 bits per heavy atom. The van der Waals surface area contributed by atoms with E-state index in [1.165, 1.54) is 0 Å². The molecule has 146 valence electrons. The van der Waals surface area contributed by atoms with Crippen molar-refractivity contribution in [2.75, 3.05) is 26.4 Å². The largest absolute Gasteiger partial charge is 0.465 e. The fourth-order valence-corrected chi connectivity index (χ4v) is 3.09. The predicted octanol–water partition coefficient (Wildman–Crippen LogP) is 1.56. The SMILES string of the molecule is C=C1CC(C(=O)OCC)(C(=O)OCC)CC1(C(=O)OCC)C(=O)OCC. The van der Waals surface area contributed by atoms with E-state index >= 15 is 0 Å². The maximum absolute atomic E-state index is 12.7. The van der Waals surface area contributed by atoms with Gasteiger partial charge in [-0.05, 0) is 39.7 Å². The second-order valence-corrected chi connectivity index (χ2v) is 5.83. The number of rotatable bonds is 8. The highest BCUT2D eigenvalue weighted by molar-refractivity contribution is 6.09. The van der Waals surface area contributed by atoms with E-state index in [0.717, 1.165) is 0 Å². The van der Waals surface area contributed by atoms with Crippen LogP contribution in [0.15, 0.2) is 12.2 Å². The summed E-state index contributed by atoms with van der Waals surface area (Å²) in [6, 6.07) is 0. The summed E-state index contributed by atoms with van der Waals surface area (Å²) in [7, 11) is 0. The zero-order valence-corrected chi connectivity index (χ0v) is 15.7. The molecule has 8 heteroatoms. The molecule has 1 saturated carbocycles. The molecule has 0 amide bonds. The van der Waals surface area contributed by atoms with Gasteiger partial charge >= 0.3 is 23.9 Å². The normalized spacial score (nSPS) is 17.3. The molecule has 1 aliphatic rings. The fraction of sp³-hybridized carbons (Fsp3) is 0.667. The molecule has 0 saturated heterocycles. The lowest BCUT2D eigenvalue weighted by atomic mass is 9.78. The molecule has 0 spiro atoms. The van der Waals surface area contributed by atoms with Gasteiger partial charge in [-0.25, -0.2) is 0 Å². The molecule has 0 heterocycles. The zero-order chi connectivity index (χ0) is 20.0. The second-order valence-electron chi connectivity index (χ2n) is 5.83. The molecule has 0 radical (unpaired) electrons. The third-order valence-corrected chi connectivity index (χ3v) is 4.27. The van der Waals surface area contributed by atoms with Crippen molar-refractivity contribution in [3.8, 4) is 0 Å². The molecule has 0 N–H and O–H groups in total. The molecule has 0 unspecified atom stereocenters. The van der Waals surface area contributed by atoms with E-state index in [-0.39, 0.29) is 38.4 Å². The Bertz CT molecular complexity index is 556. The summed E-state index contributed by atoms with van der Waals surface area (Å²) in [6.45, 7) is 10.2. The minimum atomic E-state index is -1.95. The number of hydrogen-bond donors (Lipinski definition) is 0. The van der Waals surface area contributed by atoms with Crippen LogP contribution in [0.5, 0.6) is 0 Å². The number of carbonyl (C=O) groups is 4. The highest BCUT2D eigenvalue weighted by Gasteiger charge is 2.68. The molecule has 0 atom stereocenters. The van der Waals surface area contributed by atoms with E-state index in [9.17, 15) is 19.2 Å². The van der Waals surface area contributed by atoms with Gasteiger partial charge in [0, 0.05) is 6.42 Å². The van der Waals surface area contributed by atoms with E-state index in [1.54, 1.807) is 27.7 Å². The molecule has 0 aromatic heterocycles. The molecule has 8 nitrogen and oxygen atoms in total. The molecule has 0 aromatic carbocycles. The predicted molar refractivity (Wildman–Crippen MR) is 89.8 cm³/mol. The van der Waals surface area contributed by atoms with Crippen molar-refractivity contribution < 1.29 is 38.1 Å². The molecule has 1 aliphatic carbocycles. The Hall–Kier alpha value is -2.38. The lowest BCUT2D eigenvalue weighted by Crippen LogP contribution is -2.46. The average Bonchev–Trinajstić information content (AvgIpc) is 2.91. The van der Waals surface area contributed by atoms with Gasteiger partial charge in [0.05, 0.1) is 26.4 Å². The topological polar surface area (TPSA) is 105 Å². The first-order chi connectivity index (χ1) is 12.3. The van der Waals surface area contributed by atoms with Crippen LogP contribution >= 0.6 is 0 Å². The van der Waals surface area contributed by atoms with E-state index in [1.807, 2.05) is 0 Å². The van der Waals surface area contributed by atoms with Crippen LogP contribution in [-0.2, 0) is 38.1 Å². The van der Waals surface area contributed by atoms with Crippen LogP contribution in [0.3, 0.4) is 0 Å². The van der Waals surface area contributed by atoms with E-state index in [4.69, 9.17) is 18.9 Å². The maximum atomic E-state index is 12.7. The molecule has 26 heavy (non-hydrogen) atoms. The molecule has 0 aromatic rings. The summed E-state index contributed by atoms with van der Waals surface area (Å²) in [6.07, 6.45) is -0.754. The zero-order valence-electron chi connectivity index (χ0n) is 15.7. The maximum Gasteiger partial charge on any atom is 0.327 e. The third-order valence-electron chi connectivity index (χ3n) is 4.27.